The van der Waals surface area contributed by atoms with Crippen LogP contribution in [0.1, 0.15) is 49.6 Å². The van der Waals surface area contributed by atoms with Crippen molar-refractivity contribution in [3.8, 4) is 0 Å². The number of nitrogens with zero attached hydrogens (tertiary/aromatic N) is 3. The molecule has 0 amide bonds. The highest BCUT2D eigenvalue weighted by Crippen LogP contribution is 2.35. The zero-order chi connectivity index (χ0) is 18.0. The van der Waals surface area contributed by atoms with E-state index in [9.17, 15) is 9.50 Å². The summed E-state index contributed by atoms with van der Waals surface area (Å²) < 4.78 is 21.9. The Hall–Kier alpha value is -1.76. The van der Waals surface area contributed by atoms with Crippen LogP contribution in [0.2, 0.25) is 0 Å². The monoisotopic (exact) mass is 359 g/mol. The standard InChI is InChI=1S/C20H26FN3O2/c21-18-6-2-1-5-17(18)20(25)9-12-23(13-10-20)15-16-8-11-22-24(16)19-7-3-4-14-26-19/h1-2,5-6,8,11,19,25H,3-4,7,9-10,12-15H2/t19-/m1/s1. The summed E-state index contributed by atoms with van der Waals surface area (Å²) >= 11 is 0. The average Bonchev–Trinajstić information content (AvgIpc) is 3.13. The molecular formula is C20H26FN3O2. The Morgan fingerprint density at radius 1 is 1.19 bits per heavy atom. The van der Waals surface area contributed by atoms with Gasteiger partial charge >= 0.3 is 0 Å². The molecule has 0 aliphatic carbocycles. The Balaban J connectivity index is 1.40. The summed E-state index contributed by atoms with van der Waals surface area (Å²) in [5.74, 6) is -0.323. The largest absolute Gasteiger partial charge is 0.385 e. The summed E-state index contributed by atoms with van der Waals surface area (Å²) in [6, 6.07) is 8.59. The molecule has 1 aromatic heterocycles. The molecule has 1 atom stereocenters. The predicted octanol–water partition coefficient (Wildman–Crippen LogP) is 3.20. The number of aromatic nitrogens is 2. The molecule has 3 heterocycles. The third-order valence-corrected chi connectivity index (χ3v) is 5.62. The maximum Gasteiger partial charge on any atom is 0.150 e. The van der Waals surface area contributed by atoms with E-state index in [-0.39, 0.29) is 12.0 Å². The minimum atomic E-state index is -1.07. The van der Waals surface area contributed by atoms with E-state index in [0.717, 1.165) is 44.8 Å². The summed E-state index contributed by atoms with van der Waals surface area (Å²) in [6.45, 7) is 3.01. The van der Waals surface area contributed by atoms with E-state index in [1.54, 1.807) is 18.2 Å². The van der Waals surface area contributed by atoms with Gasteiger partial charge in [-0.15, -0.1) is 0 Å². The molecule has 1 N–H and O–H groups in total. The highest BCUT2D eigenvalue weighted by molar-refractivity contribution is 5.25. The van der Waals surface area contributed by atoms with Gasteiger partial charge in [0, 0.05) is 38.0 Å². The Labute approximate surface area is 153 Å². The molecule has 1 aromatic carbocycles. The van der Waals surface area contributed by atoms with Gasteiger partial charge < -0.3 is 9.84 Å². The van der Waals surface area contributed by atoms with E-state index in [1.165, 1.54) is 12.5 Å². The molecule has 140 valence electrons. The van der Waals surface area contributed by atoms with Crippen molar-refractivity contribution < 1.29 is 14.2 Å². The van der Waals surface area contributed by atoms with E-state index in [1.807, 2.05) is 16.9 Å². The van der Waals surface area contributed by atoms with Crippen LogP contribution < -0.4 is 0 Å². The van der Waals surface area contributed by atoms with E-state index in [4.69, 9.17) is 4.74 Å². The van der Waals surface area contributed by atoms with Crippen molar-refractivity contribution in [3.05, 3.63) is 53.6 Å². The molecule has 2 aliphatic rings. The van der Waals surface area contributed by atoms with Crippen molar-refractivity contribution in [2.24, 2.45) is 0 Å². The van der Waals surface area contributed by atoms with Crippen LogP contribution in [0, 0.1) is 5.82 Å². The first-order valence-electron chi connectivity index (χ1n) is 9.49. The summed E-state index contributed by atoms with van der Waals surface area (Å²) in [7, 11) is 0. The fourth-order valence-corrected chi connectivity index (χ4v) is 4.06. The first-order chi connectivity index (χ1) is 12.7. The third kappa shape index (κ3) is 3.54. The number of likely N-dealkylation sites (tertiary alicyclic amines) is 1. The number of benzene rings is 1. The quantitative estimate of drug-likeness (QED) is 0.911. The molecule has 0 radical (unpaired) electrons. The normalized spacial score (nSPS) is 23.8. The van der Waals surface area contributed by atoms with E-state index in [2.05, 4.69) is 10.00 Å². The second kappa shape index (κ2) is 7.47. The van der Waals surface area contributed by atoms with Gasteiger partial charge in [0.1, 0.15) is 5.82 Å². The highest BCUT2D eigenvalue weighted by atomic mass is 19.1. The van der Waals surface area contributed by atoms with E-state index >= 15 is 0 Å². The van der Waals surface area contributed by atoms with Crippen molar-refractivity contribution in [2.75, 3.05) is 19.7 Å². The molecule has 2 aliphatic heterocycles. The molecule has 0 bridgehead atoms. The maximum absolute atomic E-state index is 14.1. The number of ether oxygens (including phenoxy) is 1. The number of rotatable bonds is 4. The first kappa shape index (κ1) is 17.6. The van der Waals surface area contributed by atoms with Crippen LogP contribution in [0.15, 0.2) is 36.5 Å². The van der Waals surface area contributed by atoms with E-state index in [0.29, 0.717) is 18.4 Å². The number of hydrogen-bond donors (Lipinski definition) is 1. The van der Waals surface area contributed by atoms with Crippen LogP contribution in [-0.2, 0) is 16.9 Å². The van der Waals surface area contributed by atoms with Crippen molar-refractivity contribution in [1.82, 2.24) is 14.7 Å². The van der Waals surface area contributed by atoms with Gasteiger partial charge in [-0.3, -0.25) is 4.90 Å². The molecule has 4 rings (SSSR count). The Bertz CT molecular complexity index is 734. The van der Waals surface area contributed by atoms with E-state index < -0.39 is 5.60 Å². The first-order valence-corrected chi connectivity index (χ1v) is 9.49. The molecular weight excluding hydrogens is 333 g/mol. The minimum absolute atomic E-state index is 0.0360. The van der Waals surface area contributed by atoms with Crippen LogP contribution in [0.4, 0.5) is 4.39 Å². The average molecular weight is 359 g/mol. The lowest BCUT2D eigenvalue weighted by Gasteiger charge is -2.38. The zero-order valence-corrected chi connectivity index (χ0v) is 15.0. The smallest absolute Gasteiger partial charge is 0.150 e. The number of halogens is 1. The fraction of sp³-hybridized carbons (Fsp3) is 0.550. The molecule has 0 saturated carbocycles. The molecule has 0 unspecified atom stereocenters. The summed E-state index contributed by atoms with van der Waals surface area (Å²) in [6.07, 6.45) is 6.21. The Morgan fingerprint density at radius 2 is 2.00 bits per heavy atom. The SMILES string of the molecule is OC1(c2ccccc2F)CCN(Cc2ccnn2[C@H]2CCCCO2)CC1. The van der Waals surface area contributed by atoms with Crippen LogP contribution in [-0.4, -0.2) is 39.5 Å². The highest BCUT2D eigenvalue weighted by Gasteiger charge is 2.36. The molecule has 26 heavy (non-hydrogen) atoms. The maximum atomic E-state index is 14.1. The summed E-state index contributed by atoms with van der Waals surface area (Å²) in [4.78, 5) is 2.30. The van der Waals surface area contributed by atoms with Gasteiger partial charge in [-0.2, -0.15) is 5.10 Å². The van der Waals surface area contributed by atoms with Crippen LogP contribution in [0.25, 0.3) is 0 Å². The molecule has 0 spiro atoms. The molecule has 2 aromatic rings. The van der Waals surface area contributed by atoms with Gasteiger partial charge in [0.2, 0.25) is 0 Å². The zero-order valence-electron chi connectivity index (χ0n) is 15.0. The summed E-state index contributed by atoms with van der Waals surface area (Å²) in [5, 5.41) is 15.4. The minimum Gasteiger partial charge on any atom is -0.385 e. The van der Waals surface area contributed by atoms with Crippen LogP contribution in [0.5, 0.6) is 0 Å². The molecule has 2 saturated heterocycles. The Morgan fingerprint density at radius 3 is 2.73 bits per heavy atom. The molecule has 2 fully saturated rings. The molecule has 6 heteroatoms. The lowest BCUT2D eigenvalue weighted by molar-refractivity contribution is -0.0462. The lowest BCUT2D eigenvalue weighted by atomic mass is 9.84. The van der Waals surface area contributed by atoms with Crippen molar-refractivity contribution in [1.29, 1.82) is 0 Å². The second-order valence-corrected chi connectivity index (χ2v) is 7.38. The van der Waals surface area contributed by atoms with Gasteiger partial charge in [-0.05, 0) is 44.2 Å². The van der Waals surface area contributed by atoms with Crippen LogP contribution >= 0.6 is 0 Å². The second-order valence-electron chi connectivity index (χ2n) is 7.38. The Kier molecular flexibility index (Phi) is 5.07. The van der Waals surface area contributed by atoms with Gasteiger partial charge in [0.15, 0.2) is 6.23 Å². The van der Waals surface area contributed by atoms with Gasteiger partial charge in [0.25, 0.3) is 0 Å². The van der Waals surface area contributed by atoms with Crippen molar-refractivity contribution in [3.63, 3.8) is 0 Å². The number of aliphatic hydroxyl groups is 1. The summed E-state index contributed by atoms with van der Waals surface area (Å²) in [5.41, 5.74) is 0.475. The molecule has 5 nitrogen and oxygen atoms in total. The lowest BCUT2D eigenvalue weighted by Crippen LogP contribution is -2.43. The predicted molar refractivity (Wildman–Crippen MR) is 95.9 cm³/mol. The van der Waals surface area contributed by atoms with Gasteiger partial charge in [-0.1, -0.05) is 18.2 Å². The topological polar surface area (TPSA) is 50.5 Å². The van der Waals surface area contributed by atoms with Gasteiger partial charge in [0.05, 0.1) is 11.3 Å². The fourth-order valence-electron chi connectivity index (χ4n) is 4.06. The number of hydrogen-bond acceptors (Lipinski definition) is 4. The van der Waals surface area contributed by atoms with Crippen molar-refractivity contribution >= 4 is 0 Å². The van der Waals surface area contributed by atoms with Gasteiger partial charge in [-0.25, -0.2) is 9.07 Å². The van der Waals surface area contributed by atoms with Crippen molar-refractivity contribution in [2.45, 2.75) is 50.5 Å². The number of piperidine rings is 1. The third-order valence-electron chi connectivity index (χ3n) is 5.62. The van der Waals surface area contributed by atoms with Crippen LogP contribution in [0.3, 0.4) is 0 Å².